The summed E-state index contributed by atoms with van der Waals surface area (Å²) in [6.07, 6.45) is -2.53. The highest BCUT2D eigenvalue weighted by Gasteiger charge is 2.14. The van der Waals surface area contributed by atoms with E-state index in [1.807, 2.05) is 6.92 Å². The normalized spacial score (nSPS) is 10.9. The highest BCUT2D eigenvalue weighted by atomic mass is 19.3. The van der Waals surface area contributed by atoms with E-state index in [0.717, 1.165) is 4.68 Å². The SMILES string of the molecule is CCOc1ccc(-c2nnnn2CC(F)F)cc1N. The molecule has 0 fully saturated rings. The van der Waals surface area contributed by atoms with Crippen LogP contribution in [0.5, 0.6) is 5.75 Å². The number of anilines is 1. The molecule has 102 valence electrons. The first kappa shape index (κ1) is 13.2. The standard InChI is InChI=1S/C11H13F2N5O/c1-2-19-9-4-3-7(5-8(9)14)11-15-16-17-18(11)6-10(12)13/h3-5,10H,2,6,14H2,1H3. The molecule has 2 rings (SSSR count). The van der Waals surface area contributed by atoms with Gasteiger partial charge in [0.25, 0.3) is 6.43 Å². The molecule has 19 heavy (non-hydrogen) atoms. The second-order valence-corrected chi connectivity index (χ2v) is 3.76. The summed E-state index contributed by atoms with van der Waals surface area (Å²) in [5, 5.41) is 10.7. The van der Waals surface area contributed by atoms with Crippen LogP contribution >= 0.6 is 0 Å². The Balaban J connectivity index is 2.32. The average molecular weight is 269 g/mol. The van der Waals surface area contributed by atoms with Gasteiger partial charge in [-0.1, -0.05) is 0 Å². The van der Waals surface area contributed by atoms with E-state index in [9.17, 15) is 8.78 Å². The minimum Gasteiger partial charge on any atom is -0.492 e. The largest absolute Gasteiger partial charge is 0.492 e. The second-order valence-electron chi connectivity index (χ2n) is 3.76. The number of halogens is 2. The molecule has 0 saturated heterocycles. The van der Waals surface area contributed by atoms with Crippen LogP contribution in [0.2, 0.25) is 0 Å². The summed E-state index contributed by atoms with van der Waals surface area (Å²) in [5.74, 6) is 0.786. The summed E-state index contributed by atoms with van der Waals surface area (Å²) < 4.78 is 31.1. The van der Waals surface area contributed by atoms with Gasteiger partial charge in [-0.15, -0.1) is 5.10 Å². The number of hydrogen-bond donors (Lipinski definition) is 1. The van der Waals surface area contributed by atoms with Crippen LogP contribution in [-0.4, -0.2) is 33.2 Å². The number of nitrogens with zero attached hydrogens (tertiary/aromatic N) is 4. The third-order valence-corrected chi connectivity index (χ3v) is 2.41. The molecular formula is C11H13F2N5O. The van der Waals surface area contributed by atoms with Crippen LogP contribution in [0.15, 0.2) is 18.2 Å². The zero-order chi connectivity index (χ0) is 13.8. The lowest BCUT2D eigenvalue weighted by Crippen LogP contribution is -2.10. The Bertz CT molecular complexity index is 558. The fourth-order valence-electron chi connectivity index (χ4n) is 1.64. The van der Waals surface area contributed by atoms with Crippen LogP contribution in [0.25, 0.3) is 11.4 Å². The van der Waals surface area contributed by atoms with Crippen LogP contribution < -0.4 is 10.5 Å². The predicted molar refractivity (Wildman–Crippen MR) is 64.8 cm³/mol. The minimum absolute atomic E-state index is 0.245. The molecule has 0 amide bonds. The Hall–Kier alpha value is -2.25. The molecule has 6 nitrogen and oxygen atoms in total. The van der Waals surface area contributed by atoms with Crippen LogP contribution in [0.1, 0.15) is 6.92 Å². The van der Waals surface area contributed by atoms with Gasteiger partial charge in [0.05, 0.1) is 12.3 Å². The molecule has 0 spiro atoms. The monoisotopic (exact) mass is 269 g/mol. The topological polar surface area (TPSA) is 78.9 Å². The van der Waals surface area contributed by atoms with Gasteiger partial charge >= 0.3 is 0 Å². The number of benzene rings is 1. The van der Waals surface area contributed by atoms with E-state index in [0.29, 0.717) is 23.6 Å². The molecule has 0 aliphatic heterocycles. The molecule has 0 saturated carbocycles. The molecule has 2 aromatic rings. The van der Waals surface area contributed by atoms with Gasteiger partial charge in [-0.05, 0) is 35.5 Å². The van der Waals surface area contributed by atoms with Gasteiger partial charge in [-0.25, -0.2) is 13.5 Å². The number of ether oxygens (including phenoxy) is 1. The Labute approximate surface area is 108 Å². The molecule has 8 heteroatoms. The number of tetrazole rings is 1. The number of hydrogen-bond acceptors (Lipinski definition) is 5. The van der Waals surface area contributed by atoms with Crippen LogP contribution in [0.4, 0.5) is 14.5 Å². The van der Waals surface area contributed by atoms with Gasteiger partial charge in [0.2, 0.25) is 0 Å². The van der Waals surface area contributed by atoms with Crippen molar-refractivity contribution in [1.29, 1.82) is 0 Å². The second kappa shape index (κ2) is 5.59. The molecule has 1 heterocycles. The molecular weight excluding hydrogens is 256 g/mol. The Morgan fingerprint density at radius 2 is 2.21 bits per heavy atom. The highest BCUT2D eigenvalue weighted by Crippen LogP contribution is 2.27. The quantitative estimate of drug-likeness (QED) is 0.834. The maximum atomic E-state index is 12.4. The summed E-state index contributed by atoms with van der Waals surface area (Å²) in [5.41, 5.74) is 6.78. The van der Waals surface area contributed by atoms with E-state index in [1.54, 1.807) is 18.2 Å². The maximum absolute atomic E-state index is 12.4. The number of nitrogens with two attached hydrogens (primary N) is 1. The van der Waals surface area contributed by atoms with E-state index in [-0.39, 0.29) is 5.82 Å². The van der Waals surface area contributed by atoms with Crippen molar-refractivity contribution >= 4 is 5.69 Å². The van der Waals surface area contributed by atoms with Crippen molar-refractivity contribution in [1.82, 2.24) is 20.2 Å². The Morgan fingerprint density at radius 1 is 1.42 bits per heavy atom. The van der Waals surface area contributed by atoms with Gasteiger partial charge in [-0.3, -0.25) is 0 Å². The number of rotatable bonds is 5. The zero-order valence-electron chi connectivity index (χ0n) is 10.3. The van der Waals surface area contributed by atoms with E-state index in [1.165, 1.54) is 0 Å². The van der Waals surface area contributed by atoms with Crippen molar-refractivity contribution in [3.63, 3.8) is 0 Å². The third kappa shape index (κ3) is 2.95. The van der Waals surface area contributed by atoms with Crippen molar-refractivity contribution < 1.29 is 13.5 Å². The lowest BCUT2D eigenvalue weighted by Gasteiger charge is -2.08. The summed E-state index contributed by atoms with van der Waals surface area (Å²) in [4.78, 5) is 0. The summed E-state index contributed by atoms with van der Waals surface area (Å²) in [7, 11) is 0. The molecule has 0 atom stereocenters. The predicted octanol–water partition coefficient (Wildman–Crippen LogP) is 1.59. The molecule has 0 bridgehead atoms. The molecule has 0 aliphatic rings. The summed E-state index contributed by atoms with van der Waals surface area (Å²) >= 11 is 0. The maximum Gasteiger partial charge on any atom is 0.258 e. The van der Waals surface area contributed by atoms with Crippen molar-refractivity contribution in [2.24, 2.45) is 0 Å². The molecule has 1 aromatic carbocycles. The summed E-state index contributed by atoms with van der Waals surface area (Å²) in [6, 6.07) is 4.93. The van der Waals surface area contributed by atoms with E-state index >= 15 is 0 Å². The van der Waals surface area contributed by atoms with Gasteiger partial charge in [-0.2, -0.15) is 0 Å². The molecule has 0 radical (unpaired) electrons. The molecule has 1 aromatic heterocycles. The first-order valence-electron chi connectivity index (χ1n) is 5.68. The lowest BCUT2D eigenvalue weighted by molar-refractivity contribution is 0.121. The molecule has 0 aliphatic carbocycles. The first-order valence-corrected chi connectivity index (χ1v) is 5.68. The van der Waals surface area contributed by atoms with E-state index < -0.39 is 13.0 Å². The fraction of sp³-hybridized carbons (Fsp3) is 0.364. The zero-order valence-corrected chi connectivity index (χ0v) is 10.3. The smallest absolute Gasteiger partial charge is 0.258 e. The molecule has 2 N–H and O–H groups in total. The van der Waals surface area contributed by atoms with Gasteiger partial charge < -0.3 is 10.5 Å². The number of alkyl halides is 2. The Morgan fingerprint density at radius 3 is 2.84 bits per heavy atom. The minimum atomic E-state index is -2.53. The van der Waals surface area contributed by atoms with E-state index in [4.69, 9.17) is 10.5 Å². The number of nitrogen functional groups attached to an aromatic ring is 1. The number of aromatic nitrogens is 4. The summed E-state index contributed by atoms with van der Waals surface area (Å²) in [6.45, 7) is 1.78. The van der Waals surface area contributed by atoms with Crippen molar-refractivity contribution in [2.45, 2.75) is 19.9 Å². The van der Waals surface area contributed by atoms with Crippen molar-refractivity contribution in [3.05, 3.63) is 18.2 Å². The fourth-order valence-corrected chi connectivity index (χ4v) is 1.64. The Kier molecular flexibility index (Phi) is 3.88. The van der Waals surface area contributed by atoms with Crippen LogP contribution in [0, 0.1) is 0 Å². The van der Waals surface area contributed by atoms with Gasteiger partial charge in [0.1, 0.15) is 12.3 Å². The van der Waals surface area contributed by atoms with Crippen molar-refractivity contribution in [2.75, 3.05) is 12.3 Å². The third-order valence-electron chi connectivity index (χ3n) is 2.41. The highest BCUT2D eigenvalue weighted by molar-refractivity contribution is 5.66. The van der Waals surface area contributed by atoms with Gasteiger partial charge in [0, 0.05) is 5.56 Å². The average Bonchev–Trinajstić information content (AvgIpc) is 2.79. The van der Waals surface area contributed by atoms with Gasteiger partial charge in [0.15, 0.2) is 5.82 Å². The van der Waals surface area contributed by atoms with Crippen LogP contribution in [0.3, 0.4) is 0 Å². The molecule has 0 unspecified atom stereocenters. The first-order chi connectivity index (χ1) is 9.11. The lowest BCUT2D eigenvalue weighted by atomic mass is 10.2. The van der Waals surface area contributed by atoms with E-state index in [2.05, 4.69) is 15.5 Å². The van der Waals surface area contributed by atoms with Crippen LogP contribution in [-0.2, 0) is 6.54 Å². The van der Waals surface area contributed by atoms with Crippen molar-refractivity contribution in [3.8, 4) is 17.1 Å².